The quantitative estimate of drug-likeness (QED) is 0.788. The molecule has 2 heterocycles. The van der Waals surface area contributed by atoms with E-state index in [1.165, 1.54) is 0 Å². The van der Waals surface area contributed by atoms with Crippen LogP contribution in [-0.2, 0) is 0 Å². The number of hydrogen-bond donors (Lipinski definition) is 1. The molecule has 0 saturated heterocycles. The third-order valence-corrected chi connectivity index (χ3v) is 3.54. The fourth-order valence-corrected chi connectivity index (χ4v) is 2.64. The fraction of sp³-hybridized carbons (Fsp3) is 0.438. The van der Waals surface area contributed by atoms with Gasteiger partial charge in [0.2, 0.25) is 0 Å². The van der Waals surface area contributed by atoms with Gasteiger partial charge in [0.15, 0.2) is 5.78 Å². The average Bonchev–Trinajstić information content (AvgIpc) is 2.24. The van der Waals surface area contributed by atoms with Crippen LogP contribution in [0, 0.1) is 0 Å². The number of ketones is 1. The summed E-state index contributed by atoms with van der Waals surface area (Å²) in [7, 11) is 0. The topological polar surface area (TPSA) is 55.8 Å². The van der Waals surface area contributed by atoms with Gasteiger partial charge in [-0.3, -0.25) is 4.79 Å². The summed E-state index contributed by atoms with van der Waals surface area (Å²) in [4.78, 5) is 12.2. The molecular weight excluding hydrogens is 256 g/mol. The molecule has 3 rings (SSSR count). The molecule has 0 atom stereocenters. The summed E-state index contributed by atoms with van der Waals surface area (Å²) < 4.78 is 11.7. The Morgan fingerprint density at radius 3 is 2.55 bits per heavy atom. The third kappa shape index (κ3) is 1.96. The summed E-state index contributed by atoms with van der Waals surface area (Å²) in [5.41, 5.74) is -0.206. The second-order valence-electron chi connectivity index (χ2n) is 6.51. The number of phenolic OH excluding ortho intramolecular Hbond substituents is 1. The van der Waals surface area contributed by atoms with Crippen molar-refractivity contribution in [3.8, 4) is 17.2 Å². The van der Waals surface area contributed by atoms with Gasteiger partial charge in [0, 0.05) is 6.07 Å². The maximum Gasteiger partial charge on any atom is 0.174 e. The van der Waals surface area contributed by atoms with Crippen molar-refractivity contribution >= 4 is 11.9 Å². The lowest BCUT2D eigenvalue weighted by Gasteiger charge is -2.34. The molecule has 4 nitrogen and oxygen atoms in total. The molecule has 0 unspecified atom stereocenters. The number of benzene rings is 1. The van der Waals surface area contributed by atoms with Crippen LogP contribution in [-0.4, -0.2) is 22.1 Å². The van der Waals surface area contributed by atoms with Gasteiger partial charge >= 0.3 is 0 Å². The lowest BCUT2D eigenvalue weighted by atomic mass is 9.90. The van der Waals surface area contributed by atoms with Crippen LogP contribution in [0.15, 0.2) is 12.1 Å². The number of Topliss-reactive ketones (excluding diaryl/α,β-unsaturated/α-hetero) is 1. The standard InChI is InChI=1S/C16H18O4/c1-15(2)6-5-9-11(19-15)7-12-13(14(9)18)10(17)8-16(3,4)20-12/h5-7,18H,8H2,1-4H3. The van der Waals surface area contributed by atoms with Crippen LogP contribution in [0.25, 0.3) is 6.08 Å². The summed E-state index contributed by atoms with van der Waals surface area (Å²) in [5, 5.41) is 10.4. The van der Waals surface area contributed by atoms with Gasteiger partial charge in [0.05, 0.1) is 12.0 Å². The van der Waals surface area contributed by atoms with Gasteiger partial charge < -0.3 is 14.6 Å². The summed E-state index contributed by atoms with van der Waals surface area (Å²) in [6, 6.07) is 1.70. The Morgan fingerprint density at radius 1 is 1.15 bits per heavy atom. The van der Waals surface area contributed by atoms with Crippen LogP contribution in [0.4, 0.5) is 0 Å². The van der Waals surface area contributed by atoms with Crippen LogP contribution < -0.4 is 9.47 Å². The van der Waals surface area contributed by atoms with Crippen LogP contribution >= 0.6 is 0 Å². The molecule has 4 heteroatoms. The minimum atomic E-state index is -0.565. The number of hydrogen-bond acceptors (Lipinski definition) is 4. The van der Waals surface area contributed by atoms with Crippen molar-refractivity contribution in [1.82, 2.24) is 0 Å². The molecule has 1 aromatic carbocycles. The third-order valence-electron chi connectivity index (χ3n) is 3.54. The summed E-state index contributed by atoms with van der Waals surface area (Å²) in [6.45, 7) is 7.57. The van der Waals surface area contributed by atoms with Gasteiger partial charge in [-0.15, -0.1) is 0 Å². The first kappa shape index (κ1) is 13.0. The first-order valence-corrected chi connectivity index (χ1v) is 6.69. The van der Waals surface area contributed by atoms with E-state index < -0.39 is 11.2 Å². The number of carbonyl (C=O) groups excluding carboxylic acids is 1. The van der Waals surface area contributed by atoms with E-state index in [-0.39, 0.29) is 23.5 Å². The number of phenols is 1. The molecule has 0 aromatic heterocycles. The molecule has 2 aliphatic heterocycles. The Balaban J connectivity index is 2.20. The molecule has 1 aromatic rings. The first-order chi connectivity index (χ1) is 9.19. The van der Waals surface area contributed by atoms with Gasteiger partial charge in [-0.1, -0.05) is 0 Å². The van der Waals surface area contributed by atoms with Crippen molar-refractivity contribution in [2.75, 3.05) is 0 Å². The molecule has 20 heavy (non-hydrogen) atoms. The normalized spacial score (nSPS) is 21.5. The van der Waals surface area contributed by atoms with E-state index in [2.05, 4.69) is 0 Å². The Morgan fingerprint density at radius 2 is 1.85 bits per heavy atom. The van der Waals surface area contributed by atoms with Gasteiger partial charge in [0.25, 0.3) is 0 Å². The average molecular weight is 274 g/mol. The van der Waals surface area contributed by atoms with Crippen molar-refractivity contribution in [3.05, 3.63) is 23.3 Å². The SMILES string of the molecule is CC1(C)C=Cc2c(cc3c(c2O)C(=O)CC(C)(C)O3)O1. The van der Waals surface area contributed by atoms with Crippen LogP contribution in [0.5, 0.6) is 17.2 Å². The van der Waals surface area contributed by atoms with E-state index in [1.54, 1.807) is 12.1 Å². The maximum atomic E-state index is 12.2. The van der Waals surface area contributed by atoms with E-state index >= 15 is 0 Å². The second-order valence-corrected chi connectivity index (χ2v) is 6.51. The van der Waals surface area contributed by atoms with E-state index in [9.17, 15) is 9.90 Å². The van der Waals surface area contributed by atoms with Crippen LogP contribution in [0.3, 0.4) is 0 Å². The molecule has 0 amide bonds. The largest absolute Gasteiger partial charge is 0.506 e. The highest BCUT2D eigenvalue weighted by atomic mass is 16.5. The van der Waals surface area contributed by atoms with E-state index in [4.69, 9.17) is 9.47 Å². The maximum absolute atomic E-state index is 12.2. The van der Waals surface area contributed by atoms with Gasteiger partial charge in [-0.05, 0) is 39.8 Å². The zero-order valence-corrected chi connectivity index (χ0v) is 12.1. The summed E-state index contributed by atoms with van der Waals surface area (Å²) in [6.07, 6.45) is 3.91. The fourth-order valence-electron chi connectivity index (χ4n) is 2.64. The molecule has 1 N–H and O–H groups in total. The molecule has 0 spiro atoms. The van der Waals surface area contributed by atoms with Gasteiger partial charge in [-0.2, -0.15) is 0 Å². The van der Waals surface area contributed by atoms with Gasteiger partial charge in [0.1, 0.15) is 34.0 Å². The molecule has 0 radical (unpaired) electrons. The summed E-state index contributed by atoms with van der Waals surface area (Å²) in [5.74, 6) is 0.785. The number of ether oxygens (including phenoxy) is 2. The predicted octanol–water partition coefficient (Wildman–Crippen LogP) is 3.32. The minimum Gasteiger partial charge on any atom is -0.506 e. The Kier molecular flexibility index (Phi) is 2.46. The molecular formula is C16H18O4. The molecule has 106 valence electrons. The van der Waals surface area contributed by atoms with E-state index in [1.807, 2.05) is 33.8 Å². The lowest BCUT2D eigenvalue weighted by molar-refractivity contribution is 0.0609. The van der Waals surface area contributed by atoms with Gasteiger partial charge in [-0.25, -0.2) is 0 Å². The molecule has 0 aliphatic carbocycles. The van der Waals surface area contributed by atoms with Crippen molar-refractivity contribution in [1.29, 1.82) is 0 Å². The van der Waals surface area contributed by atoms with Crippen molar-refractivity contribution in [2.45, 2.75) is 45.3 Å². The summed E-state index contributed by atoms with van der Waals surface area (Å²) >= 11 is 0. The Hall–Kier alpha value is -1.97. The number of rotatable bonds is 0. The predicted molar refractivity (Wildman–Crippen MR) is 75.5 cm³/mol. The van der Waals surface area contributed by atoms with E-state index in [0.29, 0.717) is 17.1 Å². The van der Waals surface area contributed by atoms with Crippen LogP contribution in [0.2, 0.25) is 0 Å². The van der Waals surface area contributed by atoms with Crippen molar-refractivity contribution in [2.24, 2.45) is 0 Å². The highest BCUT2D eigenvalue weighted by Crippen LogP contribution is 2.46. The highest BCUT2D eigenvalue weighted by molar-refractivity contribution is 6.04. The molecule has 0 fully saturated rings. The number of aromatic hydroxyl groups is 1. The minimum absolute atomic E-state index is 0.0512. The first-order valence-electron chi connectivity index (χ1n) is 6.69. The lowest BCUT2D eigenvalue weighted by Crippen LogP contribution is -2.36. The second kappa shape index (κ2) is 3.78. The monoisotopic (exact) mass is 274 g/mol. The molecule has 0 bridgehead atoms. The Bertz CT molecular complexity index is 638. The number of carbonyl (C=O) groups is 1. The Labute approximate surface area is 118 Å². The van der Waals surface area contributed by atoms with Crippen LogP contribution in [0.1, 0.15) is 50.0 Å². The molecule has 2 aliphatic rings. The smallest absolute Gasteiger partial charge is 0.174 e. The van der Waals surface area contributed by atoms with Crippen molar-refractivity contribution < 1.29 is 19.4 Å². The molecule has 0 saturated carbocycles. The van der Waals surface area contributed by atoms with Crippen molar-refractivity contribution in [3.63, 3.8) is 0 Å². The zero-order chi connectivity index (χ0) is 14.7. The number of fused-ring (bicyclic) bond motifs is 2. The zero-order valence-electron chi connectivity index (χ0n) is 12.1. The van der Waals surface area contributed by atoms with E-state index in [0.717, 1.165) is 0 Å². The highest BCUT2D eigenvalue weighted by Gasteiger charge is 2.37.